The molecule has 0 aliphatic rings. The lowest BCUT2D eigenvalue weighted by atomic mass is 9.78. The number of carbonyl (C=O) groups is 1. The molecule has 0 aliphatic carbocycles. The third-order valence-electron chi connectivity index (χ3n) is 4.91. The molecule has 3 rings (SSSR count). The first-order valence-corrected chi connectivity index (χ1v) is 9.17. The van der Waals surface area contributed by atoms with Crippen molar-refractivity contribution in [2.45, 2.75) is 40.3 Å². The smallest absolute Gasteiger partial charge is 0.303 e. The van der Waals surface area contributed by atoms with Crippen molar-refractivity contribution in [3.63, 3.8) is 0 Å². The highest BCUT2D eigenvalue weighted by Gasteiger charge is 2.28. The second-order valence-corrected chi connectivity index (χ2v) is 7.96. The van der Waals surface area contributed by atoms with Crippen molar-refractivity contribution in [2.24, 2.45) is 11.3 Å². The zero-order valence-corrected chi connectivity index (χ0v) is 16.1. The highest BCUT2D eigenvalue weighted by molar-refractivity contribution is 5.81. The van der Waals surface area contributed by atoms with Gasteiger partial charge in [-0.05, 0) is 29.0 Å². The fourth-order valence-electron chi connectivity index (χ4n) is 3.15. The van der Waals surface area contributed by atoms with E-state index >= 15 is 0 Å². The lowest BCUT2D eigenvalue weighted by Gasteiger charge is -2.30. The van der Waals surface area contributed by atoms with Crippen LogP contribution in [-0.4, -0.2) is 20.6 Å². The zero-order valence-electron chi connectivity index (χ0n) is 16.1. The summed E-state index contributed by atoms with van der Waals surface area (Å²) < 4.78 is 8.02. The summed E-state index contributed by atoms with van der Waals surface area (Å²) in [7, 11) is 0. The molecule has 3 aromatic rings. The number of aromatic nitrogens is 2. The predicted molar refractivity (Wildman–Crippen MR) is 106 cm³/mol. The van der Waals surface area contributed by atoms with Crippen molar-refractivity contribution in [3.8, 4) is 5.75 Å². The van der Waals surface area contributed by atoms with Gasteiger partial charge in [-0.2, -0.15) is 0 Å². The van der Waals surface area contributed by atoms with Crippen LogP contribution in [0.3, 0.4) is 0 Å². The fraction of sp³-hybridized carbons (Fsp3) is 0.364. The van der Waals surface area contributed by atoms with E-state index in [-0.39, 0.29) is 17.8 Å². The number of nitrogens with zero attached hydrogens (tertiary/aromatic N) is 2. The number of fused-ring (bicyclic) bond motifs is 1. The van der Waals surface area contributed by atoms with Gasteiger partial charge in [-0.3, -0.25) is 4.79 Å². The SMILES string of the molecule is CC(C)(C)C(CC(=O)O)Cn1cnc2c(OCc3ccccc3)cccc21. The summed E-state index contributed by atoms with van der Waals surface area (Å²) in [5, 5.41) is 9.27. The summed E-state index contributed by atoms with van der Waals surface area (Å²) in [5.74, 6) is -0.0341. The Kier molecular flexibility index (Phi) is 5.49. The van der Waals surface area contributed by atoms with Crippen LogP contribution in [0.1, 0.15) is 32.8 Å². The van der Waals surface area contributed by atoms with E-state index in [1.54, 1.807) is 6.33 Å². The van der Waals surface area contributed by atoms with E-state index in [1.165, 1.54) is 0 Å². The third kappa shape index (κ3) is 4.67. The van der Waals surface area contributed by atoms with Gasteiger partial charge in [0.1, 0.15) is 17.9 Å². The molecule has 1 N–H and O–H groups in total. The van der Waals surface area contributed by atoms with Gasteiger partial charge < -0.3 is 14.4 Å². The van der Waals surface area contributed by atoms with Crippen LogP contribution in [0.15, 0.2) is 54.9 Å². The van der Waals surface area contributed by atoms with Crippen LogP contribution in [0.25, 0.3) is 11.0 Å². The summed E-state index contributed by atoms with van der Waals surface area (Å²) in [6.45, 7) is 7.32. The molecule has 1 aromatic heterocycles. The van der Waals surface area contributed by atoms with E-state index in [0.29, 0.717) is 13.2 Å². The number of hydrogen-bond acceptors (Lipinski definition) is 3. The maximum atomic E-state index is 11.3. The van der Waals surface area contributed by atoms with Crippen molar-refractivity contribution in [1.82, 2.24) is 9.55 Å². The molecular formula is C22H26N2O3. The minimum Gasteiger partial charge on any atom is -0.487 e. The molecule has 1 unspecified atom stereocenters. The topological polar surface area (TPSA) is 64.3 Å². The Labute approximate surface area is 159 Å². The van der Waals surface area contributed by atoms with Crippen LogP contribution in [-0.2, 0) is 17.9 Å². The molecule has 0 amide bonds. The van der Waals surface area contributed by atoms with Crippen molar-refractivity contribution >= 4 is 17.0 Å². The maximum Gasteiger partial charge on any atom is 0.303 e. The number of rotatable bonds is 7. The quantitative estimate of drug-likeness (QED) is 0.655. The monoisotopic (exact) mass is 366 g/mol. The predicted octanol–water partition coefficient (Wildman–Crippen LogP) is 4.75. The lowest BCUT2D eigenvalue weighted by Crippen LogP contribution is -2.27. The minimum atomic E-state index is -0.772. The number of carboxylic acids is 1. The van der Waals surface area contributed by atoms with Crippen LogP contribution in [0.4, 0.5) is 0 Å². The van der Waals surface area contributed by atoms with Crippen LogP contribution in [0.2, 0.25) is 0 Å². The zero-order chi connectivity index (χ0) is 19.4. The van der Waals surface area contributed by atoms with Crippen molar-refractivity contribution < 1.29 is 14.6 Å². The third-order valence-corrected chi connectivity index (χ3v) is 4.91. The molecular weight excluding hydrogens is 340 g/mol. The molecule has 5 heteroatoms. The second kappa shape index (κ2) is 7.82. The van der Waals surface area contributed by atoms with Crippen LogP contribution in [0, 0.1) is 11.3 Å². The Balaban J connectivity index is 1.83. The molecule has 0 saturated carbocycles. The maximum absolute atomic E-state index is 11.3. The van der Waals surface area contributed by atoms with Gasteiger partial charge in [0.25, 0.3) is 0 Å². The number of benzene rings is 2. The van der Waals surface area contributed by atoms with E-state index in [0.717, 1.165) is 22.3 Å². The number of aliphatic carboxylic acids is 1. The summed E-state index contributed by atoms with van der Waals surface area (Å²) in [4.78, 5) is 15.8. The Morgan fingerprint density at radius 2 is 1.89 bits per heavy atom. The Bertz CT molecular complexity index is 910. The molecule has 5 nitrogen and oxygen atoms in total. The van der Waals surface area contributed by atoms with E-state index in [1.807, 2.05) is 53.1 Å². The second-order valence-electron chi connectivity index (χ2n) is 7.96. The average molecular weight is 366 g/mol. The first-order valence-electron chi connectivity index (χ1n) is 9.17. The van der Waals surface area contributed by atoms with Gasteiger partial charge in [-0.25, -0.2) is 4.98 Å². The molecule has 142 valence electrons. The summed E-state index contributed by atoms with van der Waals surface area (Å²) in [5.41, 5.74) is 2.75. The normalized spacial score (nSPS) is 12.9. The molecule has 2 aromatic carbocycles. The van der Waals surface area contributed by atoms with Crippen molar-refractivity contribution in [3.05, 3.63) is 60.4 Å². The standard InChI is InChI=1S/C22H26N2O3/c1-22(2,3)17(12-20(25)26)13-24-15-23-21-18(24)10-7-11-19(21)27-14-16-8-5-4-6-9-16/h4-11,15,17H,12-14H2,1-3H3,(H,25,26). The number of imidazole rings is 1. The summed E-state index contributed by atoms with van der Waals surface area (Å²) >= 11 is 0. The number of hydrogen-bond donors (Lipinski definition) is 1. The molecule has 0 bridgehead atoms. The van der Waals surface area contributed by atoms with Crippen molar-refractivity contribution in [2.75, 3.05) is 0 Å². The molecule has 27 heavy (non-hydrogen) atoms. The lowest BCUT2D eigenvalue weighted by molar-refractivity contribution is -0.139. The fourth-order valence-corrected chi connectivity index (χ4v) is 3.15. The van der Waals surface area contributed by atoms with Crippen molar-refractivity contribution in [1.29, 1.82) is 0 Å². The van der Waals surface area contributed by atoms with Gasteiger partial charge in [-0.1, -0.05) is 57.2 Å². The van der Waals surface area contributed by atoms with E-state index in [9.17, 15) is 9.90 Å². The van der Waals surface area contributed by atoms with Gasteiger partial charge >= 0.3 is 5.97 Å². The van der Waals surface area contributed by atoms with Crippen LogP contribution >= 0.6 is 0 Å². The molecule has 0 fully saturated rings. The number of carboxylic acid groups (broad SMARTS) is 1. The van der Waals surface area contributed by atoms with Gasteiger partial charge in [0.2, 0.25) is 0 Å². The molecule has 1 atom stereocenters. The molecule has 0 radical (unpaired) electrons. The molecule has 0 spiro atoms. The molecule has 1 heterocycles. The Morgan fingerprint density at radius 1 is 1.15 bits per heavy atom. The Morgan fingerprint density at radius 3 is 2.56 bits per heavy atom. The molecule has 0 aliphatic heterocycles. The van der Waals surface area contributed by atoms with Gasteiger partial charge in [0.05, 0.1) is 18.3 Å². The minimum absolute atomic E-state index is 0.00120. The van der Waals surface area contributed by atoms with Crippen LogP contribution in [0.5, 0.6) is 5.75 Å². The van der Waals surface area contributed by atoms with Crippen LogP contribution < -0.4 is 4.74 Å². The van der Waals surface area contributed by atoms with Gasteiger partial charge in [0, 0.05) is 6.54 Å². The van der Waals surface area contributed by atoms with E-state index < -0.39 is 5.97 Å². The average Bonchev–Trinajstić information content (AvgIpc) is 3.03. The Hall–Kier alpha value is -2.82. The number of para-hydroxylation sites is 1. The molecule has 0 saturated heterocycles. The van der Waals surface area contributed by atoms with Gasteiger partial charge in [-0.15, -0.1) is 0 Å². The summed E-state index contributed by atoms with van der Waals surface area (Å²) in [6.07, 6.45) is 1.91. The first kappa shape index (κ1) is 19.0. The first-order chi connectivity index (χ1) is 12.8. The largest absolute Gasteiger partial charge is 0.487 e. The highest BCUT2D eigenvalue weighted by Crippen LogP contribution is 2.32. The summed E-state index contributed by atoms with van der Waals surface area (Å²) in [6, 6.07) is 15.9. The van der Waals surface area contributed by atoms with E-state index in [2.05, 4.69) is 25.8 Å². The number of ether oxygens (including phenoxy) is 1. The van der Waals surface area contributed by atoms with Gasteiger partial charge in [0.15, 0.2) is 0 Å². The highest BCUT2D eigenvalue weighted by atomic mass is 16.5. The van der Waals surface area contributed by atoms with E-state index in [4.69, 9.17) is 4.74 Å².